The lowest BCUT2D eigenvalue weighted by molar-refractivity contribution is 0.226. The molecule has 0 spiro atoms. The van der Waals surface area contributed by atoms with E-state index in [9.17, 15) is 0 Å². The zero-order valence-corrected chi connectivity index (χ0v) is 11.1. The molecule has 0 saturated carbocycles. The minimum absolute atomic E-state index is 0.596. The van der Waals surface area contributed by atoms with Crippen LogP contribution in [0.5, 0.6) is 0 Å². The Kier molecular flexibility index (Phi) is 5.70. The molecular formula is C14H23N3. The fraction of sp³-hybridized carbons (Fsp3) is 0.500. The molecule has 0 aromatic heterocycles. The molecule has 0 bridgehead atoms. The Labute approximate surface area is 105 Å². The van der Waals surface area contributed by atoms with Gasteiger partial charge in [-0.05, 0) is 25.1 Å². The summed E-state index contributed by atoms with van der Waals surface area (Å²) in [6, 6.07) is 0.596. The van der Waals surface area contributed by atoms with Gasteiger partial charge in [-0.25, -0.2) is 0 Å². The lowest BCUT2D eigenvalue weighted by atomic mass is 10.1. The first-order chi connectivity index (χ1) is 8.24. The zero-order valence-electron chi connectivity index (χ0n) is 11.1. The predicted octanol–water partition coefficient (Wildman–Crippen LogP) is 2.00. The number of likely N-dealkylation sites (N-methyl/N-ethyl adjacent to an activating group) is 1. The molecule has 17 heavy (non-hydrogen) atoms. The highest BCUT2D eigenvalue weighted by atomic mass is 15.3. The van der Waals surface area contributed by atoms with Crippen molar-refractivity contribution in [2.24, 2.45) is 4.99 Å². The number of amidine groups is 1. The van der Waals surface area contributed by atoms with E-state index in [1.807, 2.05) is 20.2 Å². The average Bonchev–Trinajstić information content (AvgIpc) is 2.30. The van der Waals surface area contributed by atoms with Gasteiger partial charge in [0, 0.05) is 26.2 Å². The molecule has 1 aliphatic rings. The smallest absolute Gasteiger partial charge is 0.123 e. The molecule has 0 unspecified atom stereocenters. The Morgan fingerprint density at radius 3 is 2.71 bits per heavy atom. The molecule has 0 radical (unpaired) electrons. The maximum atomic E-state index is 4.33. The van der Waals surface area contributed by atoms with Gasteiger partial charge in [0.25, 0.3) is 0 Å². The summed E-state index contributed by atoms with van der Waals surface area (Å²) in [5.41, 5.74) is 1.11. The molecule has 94 valence electrons. The minimum Gasteiger partial charge on any atom is -0.354 e. The number of nitrogens with zero attached hydrogens (tertiary/aromatic N) is 2. The first kappa shape index (κ1) is 13.7. The van der Waals surface area contributed by atoms with Crippen LogP contribution in [-0.4, -0.2) is 44.0 Å². The number of rotatable bonds is 5. The molecule has 1 aliphatic heterocycles. The van der Waals surface area contributed by atoms with Gasteiger partial charge in [0.15, 0.2) is 0 Å². The van der Waals surface area contributed by atoms with E-state index in [1.165, 1.54) is 0 Å². The molecular weight excluding hydrogens is 210 g/mol. The molecule has 1 rings (SSSR count). The third kappa shape index (κ3) is 3.86. The van der Waals surface area contributed by atoms with Crippen molar-refractivity contribution in [3.8, 4) is 0 Å². The van der Waals surface area contributed by atoms with Gasteiger partial charge < -0.3 is 10.2 Å². The van der Waals surface area contributed by atoms with Crippen molar-refractivity contribution in [1.82, 2.24) is 10.2 Å². The summed E-state index contributed by atoms with van der Waals surface area (Å²) in [5.74, 6) is 1.03. The summed E-state index contributed by atoms with van der Waals surface area (Å²) >= 11 is 0. The standard InChI is InChI=1S/C14H23N3/c1-5-7-8-12(6-2)9-14(16-4)17-10-13(11-17)15-3/h6-9,13,15H,2,5,10-11H2,1,3-4H3/b8-7?,12-9-,16-14?. The number of nitrogens with one attached hydrogen (secondary N) is 1. The van der Waals surface area contributed by atoms with Crippen LogP contribution in [0.25, 0.3) is 0 Å². The summed E-state index contributed by atoms with van der Waals surface area (Å²) in [6.45, 7) is 8.01. The van der Waals surface area contributed by atoms with Crippen LogP contribution in [0.4, 0.5) is 0 Å². The van der Waals surface area contributed by atoms with Crippen LogP contribution < -0.4 is 5.32 Å². The van der Waals surface area contributed by atoms with Gasteiger partial charge in [-0.15, -0.1) is 0 Å². The van der Waals surface area contributed by atoms with E-state index in [2.05, 4.69) is 46.9 Å². The van der Waals surface area contributed by atoms with Crippen molar-refractivity contribution in [3.05, 3.63) is 36.5 Å². The van der Waals surface area contributed by atoms with Gasteiger partial charge in [0.2, 0.25) is 0 Å². The van der Waals surface area contributed by atoms with Crippen LogP contribution in [0.15, 0.2) is 41.4 Å². The van der Waals surface area contributed by atoms with E-state index in [-0.39, 0.29) is 0 Å². The topological polar surface area (TPSA) is 27.6 Å². The van der Waals surface area contributed by atoms with Crippen LogP contribution in [0.3, 0.4) is 0 Å². The molecule has 0 aliphatic carbocycles. The van der Waals surface area contributed by atoms with E-state index in [4.69, 9.17) is 0 Å². The molecule has 0 aromatic carbocycles. The third-order valence-corrected chi connectivity index (χ3v) is 2.92. The van der Waals surface area contributed by atoms with Crippen LogP contribution >= 0.6 is 0 Å². The number of aliphatic imine (C=N–C) groups is 1. The highest BCUT2D eigenvalue weighted by Gasteiger charge is 2.26. The van der Waals surface area contributed by atoms with E-state index in [0.29, 0.717) is 6.04 Å². The molecule has 0 atom stereocenters. The lowest BCUT2D eigenvalue weighted by Gasteiger charge is -2.40. The van der Waals surface area contributed by atoms with E-state index in [0.717, 1.165) is 30.9 Å². The second-order valence-corrected chi connectivity index (χ2v) is 4.13. The Morgan fingerprint density at radius 2 is 2.24 bits per heavy atom. The second-order valence-electron chi connectivity index (χ2n) is 4.13. The van der Waals surface area contributed by atoms with Crippen molar-refractivity contribution in [1.29, 1.82) is 0 Å². The molecule has 1 heterocycles. The lowest BCUT2D eigenvalue weighted by Crippen LogP contribution is -2.58. The van der Waals surface area contributed by atoms with Gasteiger partial charge in [0.1, 0.15) is 5.84 Å². The normalized spacial score (nSPS) is 18.6. The van der Waals surface area contributed by atoms with E-state index >= 15 is 0 Å². The Bertz CT molecular complexity index is 333. The van der Waals surface area contributed by atoms with E-state index < -0.39 is 0 Å². The first-order valence-electron chi connectivity index (χ1n) is 6.14. The summed E-state index contributed by atoms with van der Waals surface area (Å²) in [5, 5.41) is 3.26. The summed E-state index contributed by atoms with van der Waals surface area (Å²) in [6.07, 6.45) is 9.22. The molecule has 3 nitrogen and oxygen atoms in total. The molecule has 1 fully saturated rings. The summed E-state index contributed by atoms with van der Waals surface area (Å²) in [4.78, 5) is 6.60. The predicted molar refractivity (Wildman–Crippen MR) is 75.5 cm³/mol. The van der Waals surface area contributed by atoms with Gasteiger partial charge in [-0.3, -0.25) is 4.99 Å². The Balaban J connectivity index is 2.65. The van der Waals surface area contributed by atoms with Crippen molar-refractivity contribution in [3.63, 3.8) is 0 Å². The fourth-order valence-electron chi connectivity index (χ4n) is 1.72. The highest BCUT2D eigenvalue weighted by molar-refractivity contribution is 5.95. The van der Waals surface area contributed by atoms with Crippen molar-refractivity contribution < 1.29 is 0 Å². The third-order valence-electron chi connectivity index (χ3n) is 2.92. The number of hydrogen-bond acceptors (Lipinski definition) is 2. The Hall–Kier alpha value is -1.35. The van der Waals surface area contributed by atoms with Crippen LogP contribution in [0.2, 0.25) is 0 Å². The maximum Gasteiger partial charge on any atom is 0.123 e. The molecule has 0 amide bonds. The van der Waals surface area contributed by atoms with Crippen molar-refractivity contribution in [2.45, 2.75) is 19.4 Å². The Morgan fingerprint density at radius 1 is 1.53 bits per heavy atom. The average molecular weight is 233 g/mol. The summed E-state index contributed by atoms with van der Waals surface area (Å²) < 4.78 is 0. The van der Waals surface area contributed by atoms with Crippen LogP contribution in [0, 0.1) is 0 Å². The monoisotopic (exact) mass is 233 g/mol. The van der Waals surface area contributed by atoms with Gasteiger partial charge in [0.05, 0.1) is 0 Å². The maximum absolute atomic E-state index is 4.33. The number of hydrogen-bond donors (Lipinski definition) is 1. The zero-order chi connectivity index (χ0) is 12.7. The van der Waals surface area contributed by atoms with Crippen LogP contribution in [-0.2, 0) is 0 Å². The fourth-order valence-corrected chi connectivity index (χ4v) is 1.72. The van der Waals surface area contributed by atoms with Gasteiger partial charge in [-0.1, -0.05) is 31.7 Å². The molecule has 0 aromatic rings. The minimum atomic E-state index is 0.596. The first-order valence-corrected chi connectivity index (χ1v) is 6.14. The molecule has 1 saturated heterocycles. The second kappa shape index (κ2) is 7.07. The van der Waals surface area contributed by atoms with Crippen molar-refractivity contribution >= 4 is 5.84 Å². The van der Waals surface area contributed by atoms with Gasteiger partial charge in [-0.2, -0.15) is 0 Å². The number of allylic oxidation sites excluding steroid dienone is 4. The summed E-state index contributed by atoms with van der Waals surface area (Å²) in [7, 11) is 3.84. The molecule has 3 heteroatoms. The highest BCUT2D eigenvalue weighted by Crippen LogP contribution is 2.11. The number of likely N-dealkylation sites (tertiary alicyclic amines) is 1. The van der Waals surface area contributed by atoms with Gasteiger partial charge >= 0.3 is 0 Å². The van der Waals surface area contributed by atoms with E-state index in [1.54, 1.807) is 0 Å². The molecule has 1 N–H and O–H groups in total. The van der Waals surface area contributed by atoms with Crippen LogP contribution in [0.1, 0.15) is 13.3 Å². The largest absolute Gasteiger partial charge is 0.354 e. The SMILES string of the molecule is C=C/C(C=CCC)=C/C(=NC)N1CC(NC)C1. The quantitative estimate of drug-likeness (QED) is 0.447. The van der Waals surface area contributed by atoms with Crippen molar-refractivity contribution in [2.75, 3.05) is 27.2 Å².